The van der Waals surface area contributed by atoms with Crippen molar-refractivity contribution in [2.24, 2.45) is 11.8 Å². The number of unbranched alkanes of at least 4 members (excludes halogenated alkanes) is 5. The maximum absolute atomic E-state index is 13.3. The average molecular weight is 622 g/mol. The Bertz CT molecular complexity index is 987. The summed E-state index contributed by atoms with van der Waals surface area (Å²) >= 11 is 0.413. The summed E-state index contributed by atoms with van der Waals surface area (Å²) in [5.41, 5.74) is -0.144. The number of rotatable bonds is 19. The van der Waals surface area contributed by atoms with Gasteiger partial charge in [-0.3, -0.25) is 5.04 Å². The van der Waals surface area contributed by atoms with Crippen LogP contribution in [0.5, 0.6) is 0 Å². The van der Waals surface area contributed by atoms with E-state index in [0.717, 1.165) is 64.2 Å². The van der Waals surface area contributed by atoms with E-state index in [1.807, 2.05) is 0 Å². The molecule has 0 unspecified atom stereocenters. The number of esters is 3. The van der Waals surface area contributed by atoms with Gasteiger partial charge in [-0.25, -0.2) is 14.4 Å². The molecule has 0 saturated heterocycles. The van der Waals surface area contributed by atoms with Crippen LogP contribution in [0.4, 0.5) is 0 Å². The van der Waals surface area contributed by atoms with Crippen LogP contribution in [0, 0.1) is 11.8 Å². The lowest BCUT2D eigenvalue weighted by Gasteiger charge is -2.21. The minimum Gasteiger partial charge on any atom is -0.691 e. The molecule has 0 aliphatic heterocycles. The van der Waals surface area contributed by atoms with Crippen LogP contribution in [-0.2, 0) is 23.6 Å². The zero-order chi connectivity index (χ0) is 30.7. The Morgan fingerprint density at radius 1 is 0.698 bits per heavy atom. The SMILES string of the molecule is CCCCCCCCOC(=O)c1cc(C(=O)OCCC2CCCCC2)cc(C(=O)OCCC2CCCCC2)c1SOO[O-]. The Morgan fingerprint density at radius 2 is 1.19 bits per heavy atom. The molecule has 3 rings (SSSR count). The summed E-state index contributed by atoms with van der Waals surface area (Å²) in [5, 5.41) is 14.2. The second kappa shape index (κ2) is 20.7. The predicted molar refractivity (Wildman–Crippen MR) is 161 cm³/mol. The lowest BCUT2D eigenvalue weighted by Crippen LogP contribution is -2.18. The third-order valence-corrected chi connectivity index (χ3v) is 9.34. The van der Waals surface area contributed by atoms with E-state index >= 15 is 0 Å². The Morgan fingerprint density at radius 3 is 1.72 bits per heavy atom. The van der Waals surface area contributed by atoms with Crippen molar-refractivity contribution in [2.75, 3.05) is 19.8 Å². The summed E-state index contributed by atoms with van der Waals surface area (Å²) in [7, 11) is 0. The number of ether oxygens (including phenoxy) is 3. The molecule has 0 atom stereocenters. The van der Waals surface area contributed by atoms with Gasteiger partial charge in [0.05, 0.1) is 53.4 Å². The summed E-state index contributed by atoms with van der Waals surface area (Å²) in [4.78, 5) is 39.7. The molecular formula is C33H49O9S-. The van der Waals surface area contributed by atoms with Gasteiger partial charge in [-0.15, -0.1) is 0 Å². The highest BCUT2D eigenvalue weighted by Gasteiger charge is 2.27. The summed E-state index contributed by atoms with van der Waals surface area (Å²) < 4.78 is 21.2. The van der Waals surface area contributed by atoms with Crippen LogP contribution in [0.15, 0.2) is 17.0 Å². The van der Waals surface area contributed by atoms with E-state index in [-0.39, 0.29) is 41.4 Å². The largest absolute Gasteiger partial charge is 0.691 e. The van der Waals surface area contributed by atoms with E-state index in [4.69, 9.17) is 14.2 Å². The van der Waals surface area contributed by atoms with E-state index in [9.17, 15) is 19.6 Å². The first-order chi connectivity index (χ1) is 21.0. The topological polar surface area (TPSA) is 120 Å². The molecule has 0 radical (unpaired) electrons. The number of benzene rings is 1. The van der Waals surface area contributed by atoms with Crippen molar-refractivity contribution in [3.05, 3.63) is 28.8 Å². The summed E-state index contributed by atoms with van der Waals surface area (Å²) in [6, 6.07) is 2.65. The molecule has 0 spiro atoms. The Kier molecular flexibility index (Phi) is 17.1. The van der Waals surface area contributed by atoms with Crippen LogP contribution in [-0.4, -0.2) is 37.7 Å². The molecule has 0 aromatic heterocycles. The monoisotopic (exact) mass is 621 g/mol. The highest BCUT2D eigenvalue weighted by Crippen LogP contribution is 2.32. The smallest absolute Gasteiger partial charge is 0.339 e. The third-order valence-electron chi connectivity index (χ3n) is 8.61. The van der Waals surface area contributed by atoms with Crippen molar-refractivity contribution in [3.8, 4) is 0 Å². The van der Waals surface area contributed by atoms with Crippen molar-refractivity contribution >= 4 is 30.0 Å². The maximum atomic E-state index is 13.3. The number of carbonyl (C=O) groups excluding carboxylic acids is 3. The van der Waals surface area contributed by atoms with Gasteiger partial charge in [0.1, 0.15) is 0 Å². The van der Waals surface area contributed by atoms with Gasteiger partial charge in [-0.2, -0.15) is 4.33 Å². The molecule has 2 saturated carbocycles. The fourth-order valence-corrected chi connectivity index (χ4v) is 6.62. The first kappa shape index (κ1) is 35.3. The van der Waals surface area contributed by atoms with Crippen molar-refractivity contribution in [3.63, 3.8) is 0 Å². The fourth-order valence-electron chi connectivity index (χ4n) is 6.06. The van der Waals surface area contributed by atoms with Crippen molar-refractivity contribution < 1.29 is 43.2 Å². The third kappa shape index (κ3) is 12.8. The zero-order valence-corrected chi connectivity index (χ0v) is 26.6. The highest BCUT2D eigenvalue weighted by molar-refractivity contribution is 7.94. The summed E-state index contributed by atoms with van der Waals surface area (Å²) in [6.45, 7) is 2.80. The molecule has 0 heterocycles. The molecule has 0 N–H and O–H groups in total. The van der Waals surface area contributed by atoms with Crippen LogP contribution < -0.4 is 5.26 Å². The molecule has 43 heavy (non-hydrogen) atoms. The minimum absolute atomic E-state index is 0.00906. The first-order valence-corrected chi connectivity index (χ1v) is 17.1. The van der Waals surface area contributed by atoms with Gasteiger partial charge in [-0.05, 0) is 43.2 Å². The minimum atomic E-state index is -0.737. The van der Waals surface area contributed by atoms with Gasteiger partial charge in [-0.1, -0.05) is 103 Å². The zero-order valence-electron chi connectivity index (χ0n) is 25.7. The van der Waals surface area contributed by atoms with Crippen LogP contribution in [0.25, 0.3) is 0 Å². The number of carbonyl (C=O) groups is 3. The quantitative estimate of drug-likeness (QED) is 0.0379. The van der Waals surface area contributed by atoms with Crippen molar-refractivity contribution in [1.29, 1.82) is 0 Å². The van der Waals surface area contributed by atoms with E-state index in [1.165, 1.54) is 57.1 Å². The van der Waals surface area contributed by atoms with Gasteiger partial charge < -0.3 is 19.5 Å². The van der Waals surface area contributed by atoms with Gasteiger partial charge in [0, 0.05) is 0 Å². The van der Waals surface area contributed by atoms with E-state index in [1.54, 1.807) is 0 Å². The summed E-state index contributed by atoms with van der Waals surface area (Å²) in [6.07, 6.45) is 19.4. The molecule has 2 fully saturated rings. The Labute approximate surface area is 260 Å². The first-order valence-electron chi connectivity index (χ1n) is 16.4. The second-order valence-electron chi connectivity index (χ2n) is 11.9. The van der Waals surface area contributed by atoms with Crippen molar-refractivity contribution in [2.45, 2.75) is 127 Å². The fraction of sp³-hybridized carbons (Fsp3) is 0.727. The maximum Gasteiger partial charge on any atom is 0.339 e. The molecular weight excluding hydrogens is 572 g/mol. The molecule has 242 valence electrons. The standard InChI is InChI=1S/C33H50O9S/c1-2-3-4-5-6-13-20-38-32(35)28-23-27(31(34)39-21-18-25-14-9-7-10-15-25)24-29(30(28)43-42-41-37)33(36)40-22-19-26-16-11-8-12-17-26/h23-26,37H,2-22H2,1H3/p-1. The normalized spacial score (nSPS) is 16.1. The second-order valence-corrected chi connectivity index (χ2v) is 12.6. The molecule has 9 nitrogen and oxygen atoms in total. The van der Waals surface area contributed by atoms with Gasteiger partial charge in [0.2, 0.25) is 0 Å². The summed E-state index contributed by atoms with van der Waals surface area (Å²) in [5.74, 6) is -1.07. The van der Waals surface area contributed by atoms with Gasteiger partial charge in [0.15, 0.2) is 0 Å². The van der Waals surface area contributed by atoms with Crippen LogP contribution in [0.1, 0.15) is 154 Å². The highest BCUT2D eigenvalue weighted by atomic mass is 32.2. The molecule has 10 heteroatoms. The van der Waals surface area contributed by atoms with Crippen LogP contribution in [0.2, 0.25) is 0 Å². The average Bonchev–Trinajstić information content (AvgIpc) is 3.03. The van der Waals surface area contributed by atoms with E-state index in [2.05, 4.69) is 16.3 Å². The lowest BCUT2D eigenvalue weighted by molar-refractivity contribution is -0.777. The predicted octanol–water partition coefficient (Wildman–Crippen LogP) is 7.69. The molecule has 2 aliphatic rings. The Balaban J connectivity index is 1.74. The van der Waals surface area contributed by atoms with Gasteiger partial charge >= 0.3 is 17.9 Å². The molecule has 0 bridgehead atoms. The van der Waals surface area contributed by atoms with Crippen LogP contribution in [0.3, 0.4) is 0 Å². The van der Waals surface area contributed by atoms with E-state index in [0.29, 0.717) is 30.3 Å². The molecule has 1 aromatic carbocycles. The lowest BCUT2D eigenvalue weighted by atomic mass is 9.87. The molecule has 1 aromatic rings. The van der Waals surface area contributed by atoms with Crippen LogP contribution >= 0.6 is 12.0 Å². The van der Waals surface area contributed by atoms with E-state index < -0.39 is 17.9 Å². The molecule has 0 amide bonds. The number of hydrogen-bond acceptors (Lipinski definition) is 10. The van der Waals surface area contributed by atoms with Crippen molar-refractivity contribution in [1.82, 2.24) is 0 Å². The molecule has 2 aliphatic carbocycles. The number of hydrogen-bond donors (Lipinski definition) is 0. The van der Waals surface area contributed by atoms with Gasteiger partial charge in [0.25, 0.3) is 0 Å². The Hall–Kier alpha value is -2.14.